The van der Waals surface area contributed by atoms with Crippen LogP contribution in [0.1, 0.15) is 12.7 Å². The van der Waals surface area contributed by atoms with E-state index in [2.05, 4.69) is 11.0 Å². The molecule has 0 radical (unpaired) electrons. The van der Waals surface area contributed by atoms with Gasteiger partial charge in [-0.3, -0.25) is 4.79 Å². The van der Waals surface area contributed by atoms with Crippen molar-refractivity contribution in [1.29, 1.82) is 0 Å². The summed E-state index contributed by atoms with van der Waals surface area (Å²) in [6, 6.07) is 11.7. The molecule has 3 rings (SSSR count). The van der Waals surface area contributed by atoms with Gasteiger partial charge in [-0.25, -0.2) is 0 Å². The van der Waals surface area contributed by atoms with Crippen molar-refractivity contribution in [3.8, 4) is 5.75 Å². The van der Waals surface area contributed by atoms with E-state index in [-0.39, 0.29) is 5.91 Å². The first kappa shape index (κ1) is 16.2. The molecule has 1 aliphatic heterocycles. The number of rotatable bonds is 5. The van der Waals surface area contributed by atoms with Crippen molar-refractivity contribution < 1.29 is 13.9 Å². The predicted molar refractivity (Wildman–Crippen MR) is 94.1 cm³/mol. The van der Waals surface area contributed by atoms with Crippen LogP contribution >= 0.6 is 0 Å². The molecule has 2 aromatic rings. The third-order valence-corrected chi connectivity index (χ3v) is 4.03. The minimum absolute atomic E-state index is 0.0177. The molecule has 0 atom stereocenters. The zero-order valence-corrected chi connectivity index (χ0v) is 13.9. The number of hydrogen-bond acceptors (Lipinski definition) is 4. The van der Waals surface area contributed by atoms with Crippen molar-refractivity contribution in [1.82, 2.24) is 4.90 Å². The van der Waals surface area contributed by atoms with Crippen molar-refractivity contribution in [3.05, 3.63) is 54.5 Å². The summed E-state index contributed by atoms with van der Waals surface area (Å²) < 4.78 is 10.9. The molecule has 0 N–H and O–H groups in total. The molecule has 1 aromatic carbocycles. The number of ether oxygens (including phenoxy) is 1. The van der Waals surface area contributed by atoms with E-state index in [1.165, 1.54) is 0 Å². The molecule has 1 aliphatic rings. The normalized spacial score (nSPS) is 15.0. The van der Waals surface area contributed by atoms with Gasteiger partial charge in [0, 0.05) is 32.3 Å². The number of carbonyl (C=O) groups excluding carboxylic acids is 1. The van der Waals surface area contributed by atoms with Gasteiger partial charge in [-0.2, -0.15) is 0 Å². The second-order valence-electron chi connectivity index (χ2n) is 5.56. The Morgan fingerprint density at radius 2 is 1.96 bits per heavy atom. The first-order chi connectivity index (χ1) is 11.8. The van der Waals surface area contributed by atoms with Gasteiger partial charge in [0.25, 0.3) is 0 Å². The fraction of sp³-hybridized carbons (Fsp3) is 0.316. The maximum absolute atomic E-state index is 12.3. The minimum atomic E-state index is 0.0177. The molecule has 2 heterocycles. The van der Waals surface area contributed by atoms with Crippen molar-refractivity contribution in [2.24, 2.45) is 0 Å². The van der Waals surface area contributed by atoms with E-state index in [9.17, 15) is 4.79 Å². The van der Waals surface area contributed by atoms with Crippen LogP contribution in [-0.2, 0) is 4.79 Å². The number of piperazine rings is 1. The first-order valence-corrected chi connectivity index (χ1v) is 8.25. The number of para-hydroxylation sites is 2. The largest absolute Gasteiger partial charge is 0.492 e. The average molecular weight is 326 g/mol. The Morgan fingerprint density at radius 3 is 2.67 bits per heavy atom. The van der Waals surface area contributed by atoms with Gasteiger partial charge in [-0.15, -0.1) is 0 Å². The Labute approximate surface area is 142 Å². The Morgan fingerprint density at radius 1 is 1.17 bits per heavy atom. The Bertz CT molecular complexity index is 686. The highest BCUT2D eigenvalue weighted by atomic mass is 16.5. The second kappa shape index (κ2) is 7.73. The van der Waals surface area contributed by atoms with Gasteiger partial charge in [-0.05, 0) is 37.3 Å². The molecular formula is C19H22N2O3. The molecule has 0 bridgehead atoms. The molecule has 0 saturated carbocycles. The smallest absolute Gasteiger partial charge is 0.246 e. The Hall–Kier alpha value is -2.69. The molecule has 0 aliphatic carbocycles. The van der Waals surface area contributed by atoms with E-state index in [0.717, 1.165) is 24.5 Å². The first-order valence-electron chi connectivity index (χ1n) is 8.25. The molecular weight excluding hydrogens is 304 g/mol. The molecule has 0 unspecified atom stereocenters. The molecule has 5 nitrogen and oxygen atoms in total. The minimum Gasteiger partial charge on any atom is -0.492 e. The summed E-state index contributed by atoms with van der Waals surface area (Å²) in [6.07, 6.45) is 4.88. The third-order valence-electron chi connectivity index (χ3n) is 4.03. The highest BCUT2D eigenvalue weighted by Crippen LogP contribution is 2.28. The number of carbonyl (C=O) groups is 1. The summed E-state index contributed by atoms with van der Waals surface area (Å²) in [7, 11) is 0. The SMILES string of the molecule is CCOc1ccccc1N1CCN(C(=O)/C=C/c2ccco2)CC1. The standard InChI is InChI=1S/C19H22N2O3/c1-2-23-18-8-4-3-7-17(18)20-11-13-21(14-12-20)19(22)10-9-16-6-5-15-24-16/h3-10,15H,2,11-14H2,1H3/b10-9+. The van der Waals surface area contributed by atoms with Crippen LogP contribution in [0.2, 0.25) is 0 Å². The van der Waals surface area contributed by atoms with Crippen molar-refractivity contribution in [2.45, 2.75) is 6.92 Å². The lowest BCUT2D eigenvalue weighted by atomic mass is 10.2. The maximum Gasteiger partial charge on any atom is 0.246 e. The Balaban J connectivity index is 1.59. The maximum atomic E-state index is 12.3. The summed E-state index contributed by atoms with van der Waals surface area (Å²) in [5.74, 6) is 1.61. The number of furan rings is 1. The quantitative estimate of drug-likeness (QED) is 0.792. The lowest BCUT2D eigenvalue weighted by Gasteiger charge is -2.36. The second-order valence-corrected chi connectivity index (χ2v) is 5.56. The van der Waals surface area contributed by atoms with Crippen LogP contribution < -0.4 is 9.64 Å². The van der Waals surface area contributed by atoms with Crippen LogP contribution in [0.4, 0.5) is 5.69 Å². The van der Waals surface area contributed by atoms with E-state index in [1.54, 1.807) is 24.5 Å². The van der Waals surface area contributed by atoms with Gasteiger partial charge in [-0.1, -0.05) is 12.1 Å². The van der Waals surface area contributed by atoms with E-state index in [4.69, 9.17) is 9.15 Å². The van der Waals surface area contributed by atoms with Gasteiger partial charge in [0.05, 0.1) is 18.6 Å². The molecule has 24 heavy (non-hydrogen) atoms. The molecule has 0 spiro atoms. The van der Waals surface area contributed by atoms with Gasteiger partial charge in [0.15, 0.2) is 0 Å². The van der Waals surface area contributed by atoms with Gasteiger partial charge >= 0.3 is 0 Å². The zero-order valence-electron chi connectivity index (χ0n) is 13.9. The number of benzene rings is 1. The van der Waals surface area contributed by atoms with Gasteiger partial charge in [0.1, 0.15) is 11.5 Å². The Kier molecular flexibility index (Phi) is 5.21. The molecule has 1 saturated heterocycles. The zero-order chi connectivity index (χ0) is 16.8. The van der Waals surface area contributed by atoms with E-state index in [0.29, 0.717) is 25.5 Å². The number of anilines is 1. The van der Waals surface area contributed by atoms with E-state index in [1.807, 2.05) is 36.1 Å². The monoisotopic (exact) mass is 326 g/mol. The van der Waals surface area contributed by atoms with E-state index >= 15 is 0 Å². The van der Waals surface area contributed by atoms with Gasteiger partial charge < -0.3 is 19.0 Å². The number of nitrogens with zero attached hydrogens (tertiary/aromatic N) is 2. The molecule has 1 fully saturated rings. The van der Waals surface area contributed by atoms with E-state index < -0.39 is 0 Å². The van der Waals surface area contributed by atoms with Crippen molar-refractivity contribution >= 4 is 17.7 Å². The van der Waals surface area contributed by atoms with Crippen LogP contribution in [0.15, 0.2) is 53.2 Å². The summed E-state index contributed by atoms with van der Waals surface area (Å²) in [6.45, 7) is 5.62. The fourth-order valence-electron chi connectivity index (χ4n) is 2.81. The average Bonchev–Trinajstić information content (AvgIpc) is 3.14. The van der Waals surface area contributed by atoms with Crippen LogP contribution in [0.5, 0.6) is 5.75 Å². The third kappa shape index (κ3) is 3.79. The highest BCUT2D eigenvalue weighted by Gasteiger charge is 2.21. The van der Waals surface area contributed by atoms with Crippen molar-refractivity contribution in [3.63, 3.8) is 0 Å². The highest BCUT2D eigenvalue weighted by molar-refractivity contribution is 5.91. The topological polar surface area (TPSA) is 45.9 Å². The van der Waals surface area contributed by atoms with Gasteiger partial charge in [0.2, 0.25) is 5.91 Å². The predicted octanol–water partition coefficient (Wildman–Crippen LogP) is 3.04. The lowest BCUT2D eigenvalue weighted by molar-refractivity contribution is -0.126. The molecule has 1 aromatic heterocycles. The van der Waals surface area contributed by atoms with Crippen LogP contribution in [0, 0.1) is 0 Å². The lowest BCUT2D eigenvalue weighted by Crippen LogP contribution is -2.48. The van der Waals surface area contributed by atoms with Crippen molar-refractivity contribution in [2.75, 3.05) is 37.7 Å². The summed E-state index contributed by atoms with van der Waals surface area (Å²) in [5, 5.41) is 0. The van der Waals surface area contributed by atoms with Crippen LogP contribution in [0.3, 0.4) is 0 Å². The molecule has 126 valence electrons. The number of hydrogen-bond donors (Lipinski definition) is 0. The van der Waals surface area contributed by atoms with Crippen LogP contribution in [0.25, 0.3) is 6.08 Å². The summed E-state index contributed by atoms with van der Waals surface area (Å²) >= 11 is 0. The summed E-state index contributed by atoms with van der Waals surface area (Å²) in [5.41, 5.74) is 1.09. The van der Waals surface area contributed by atoms with Crippen LogP contribution in [-0.4, -0.2) is 43.6 Å². The molecule has 1 amide bonds. The fourth-order valence-corrected chi connectivity index (χ4v) is 2.81. The number of amides is 1. The molecule has 5 heteroatoms. The summed E-state index contributed by atoms with van der Waals surface area (Å²) in [4.78, 5) is 16.4.